The van der Waals surface area contributed by atoms with Crippen LogP contribution >= 0.6 is 24.0 Å². The van der Waals surface area contributed by atoms with Crippen molar-refractivity contribution in [3.63, 3.8) is 0 Å². The number of ether oxygens (including phenoxy) is 1. The van der Waals surface area contributed by atoms with Crippen LogP contribution in [-0.2, 0) is 9.53 Å². The van der Waals surface area contributed by atoms with Crippen molar-refractivity contribution in [1.29, 1.82) is 0 Å². The van der Waals surface area contributed by atoms with Gasteiger partial charge in [0, 0.05) is 26.1 Å². The minimum Gasteiger partial charge on any atom is -0.379 e. The first-order valence-corrected chi connectivity index (χ1v) is 7.65. The zero-order valence-corrected chi connectivity index (χ0v) is 12.2. The third kappa shape index (κ3) is 2.91. The fraction of sp³-hybridized carbons (Fsp3) is 0.727. The summed E-state index contributed by atoms with van der Waals surface area (Å²) in [6.07, 6.45) is 1.35. The standard InChI is InChI=1S/C11H16N4O2S2/c16-9-2-1-3-14-10(12-9)19-11(18)15(14)8-13-4-6-17-7-5-13/h1-8H2. The lowest BCUT2D eigenvalue weighted by atomic mass is 10.3. The number of nitrogens with zero attached hydrogens (tertiary/aromatic N) is 4. The van der Waals surface area contributed by atoms with E-state index in [1.165, 1.54) is 11.8 Å². The van der Waals surface area contributed by atoms with E-state index >= 15 is 0 Å². The van der Waals surface area contributed by atoms with Crippen LogP contribution in [0.25, 0.3) is 0 Å². The smallest absolute Gasteiger partial charge is 0.248 e. The second kappa shape index (κ2) is 5.74. The predicted molar refractivity (Wildman–Crippen MR) is 77.7 cm³/mol. The highest BCUT2D eigenvalue weighted by atomic mass is 32.2. The van der Waals surface area contributed by atoms with E-state index in [-0.39, 0.29) is 5.91 Å². The molecule has 0 spiro atoms. The topological polar surface area (TPSA) is 48.4 Å². The van der Waals surface area contributed by atoms with E-state index in [4.69, 9.17) is 17.0 Å². The molecule has 0 aliphatic carbocycles. The number of hydrogen-bond acceptors (Lipinski definition) is 6. The summed E-state index contributed by atoms with van der Waals surface area (Å²) in [6, 6.07) is 0. The molecule has 104 valence electrons. The van der Waals surface area contributed by atoms with E-state index in [2.05, 4.69) is 14.9 Å². The minimum absolute atomic E-state index is 0.0407. The Hall–Kier alpha value is -0.700. The molecule has 3 aliphatic rings. The molecule has 0 aromatic rings. The third-order valence-electron chi connectivity index (χ3n) is 3.32. The van der Waals surface area contributed by atoms with Gasteiger partial charge in [-0.25, -0.2) is 0 Å². The lowest BCUT2D eigenvalue weighted by molar-refractivity contribution is -0.117. The minimum atomic E-state index is -0.0407. The number of hydrogen-bond donors (Lipinski definition) is 0. The van der Waals surface area contributed by atoms with Crippen molar-refractivity contribution in [2.45, 2.75) is 12.8 Å². The van der Waals surface area contributed by atoms with Gasteiger partial charge in [-0.2, -0.15) is 4.99 Å². The number of aliphatic imine (C=N–C) groups is 1. The van der Waals surface area contributed by atoms with Crippen molar-refractivity contribution >= 4 is 39.4 Å². The Kier molecular flexibility index (Phi) is 4.01. The number of hydrazine groups is 1. The Labute approximate surface area is 121 Å². The molecule has 3 rings (SSSR count). The summed E-state index contributed by atoms with van der Waals surface area (Å²) < 4.78 is 6.13. The molecule has 3 heterocycles. The van der Waals surface area contributed by atoms with Gasteiger partial charge in [0.15, 0.2) is 9.49 Å². The van der Waals surface area contributed by atoms with E-state index < -0.39 is 0 Å². The number of amidine groups is 1. The van der Waals surface area contributed by atoms with E-state index in [1.807, 2.05) is 5.01 Å². The number of fused-ring (bicyclic) bond motifs is 1. The van der Waals surface area contributed by atoms with Gasteiger partial charge in [-0.15, -0.1) is 0 Å². The van der Waals surface area contributed by atoms with E-state index in [1.54, 1.807) is 0 Å². The normalized spacial score (nSPS) is 25.4. The first-order valence-electron chi connectivity index (χ1n) is 6.42. The van der Waals surface area contributed by atoms with Crippen LogP contribution < -0.4 is 0 Å². The van der Waals surface area contributed by atoms with Gasteiger partial charge in [-0.1, -0.05) is 12.2 Å². The van der Waals surface area contributed by atoms with Crippen molar-refractivity contribution in [2.24, 2.45) is 4.99 Å². The van der Waals surface area contributed by atoms with Crippen LogP contribution in [0.5, 0.6) is 0 Å². The molecule has 0 aromatic carbocycles. The van der Waals surface area contributed by atoms with Crippen molar-refractivity contribution in [3.05, 3.63) is 0 Å². The molecule has 19 heavy (non-hydrogen) atoms. The number of thiocarbonyl (C=S) groups is 1. The van der Waals surface area contributed by atoms with Crippen molar-refractivity contribution in [1.82, 2.24) is 14.9 Å². The van der Waals surface area contributed by atoms with Gasteiger partial charge >= 0.3 is 0 Å². The maximum atomic E-state index is 11.5. The van der Waals surface area contributed by atoms with Gasteiger partial charge in [-0.3, -0.25) is 19.7 Å². The molecule has 0 aromatic heterocycles. The maximum absolute atomic E-state index is 11.5. The SMILES string of the molecule is O=C1CCCN2C(=N1)SC(=S)N2CN1CCOCC1. The van der Waals surface area contributed by atoms with E-state index in [9.17, 15) is 4.79 Å². The lowest BCUT2D eigenvalue weighted by Crippen LogP contribution is -2.50. The highest BCUT2D eigenvalue weighted by molar-refractivity contribution is 8.33. The number of rotatable bonds is 2. The number of morpholine rings is 1. The monoisotopic (exact) mass is 300 g/mol. The predicted octanol–water partition coefficient (Wildman–Crippen LogP) is 0.503. The van der Waals surface area contributed by atoms with Crippen LogP contribution in [0.2, 0.25) is 0 Å². The van der Waals surface area contributed by atoms with Crippen LogP contribution in [0, 0.1) is 0 Å². The molecule has 0 bridgehead atoms. The maximum Gasteiger partial charge on any atom is 0.248 e. The molecule has 3 aliphatic heterocycles. The summed E-state index contributed by atoms with van der Waals surface area (Å²) in [5, 5.41) is 4.84. The van der Waals surface area contributed by atoms with Crippen molar-refractivity contribution < 1.29 is 9.53 Å². The zero-order valence-electron chi connectivity index (χ0n) is 10.6. The molecule has 0 saturated carbocycles. The number of amides is 1. The average molecular weight is 300 g/mol. The molecule has 0 atom stereocenters. The molecular formula is C11H16N4O2S2. The van der Waals surface area contributed by atoms with Gasteiger partial charge in [0.05, 0.1) is 19.9 Å². The Morgan fingerprint density at radius 3 is 2.89 bits per heavy atom. The first-order chi connectivity index (χ1) is 9.24. The summed E-state index contributed by atoms with van der Waals surface area (Å²) in [6.45, 7) is 4.94. The summed E-state index contributed by atoms with van der Waals surface area (Å²) in [5.74, 6) is -0.0407. The van der Waals surface area contributed by atoms with Crippen LogP contribution in [-0.4, -0.2) is 69.8 Å². The van der Waals surface area contributed by atoms with Crippen LogP contribution in [0.3, 0.4) is 0 Å². The molecule has 8 heteroatoms. The Morgan fingerprint density at radius 2 is 2.11 bits per heavy atom. The molecular weight excluding hydrogens is 284 g/mol. The average Bonchev–Trinajstić information content (AvgIpc) is 2.58. The van der Waals surface area contributed by atoms with Gasteiger partial charge in [0.2, 0.25) is 5.91 Å². The van der Waals surface area contributed by atoms with Gasteiger partial charge in [-0.05, 0) is 18.2 Å². The fourth-order valence-electron chi connectivity index (χ4n) is 2.29. The van der Waals surface area contributed by atoms with Gasteiger partial charge < -0.3 is 4.74 Å². The van der Waals surface area contributed by atoms with Gasteiger partial charge in [0.1, 0.15) is 0 Å². The Morgan fingerprint density at radius 1 is 1.32 bits per heavy atom. The van der Waals surface area contributed by atoms with Crippen LogP contribution in [0.4, 0.5) is 0 Å². The summed E-state index contributed by atoms with van der Waals surface area (Å²) in [4.78, 5) is 18.0. The first kappa shape index (κ1) is 13.3. The molecule has 2 fully saturated rings. The Bertz CT molecular complexity index is 423. The van der Waals surface area contributed by atoms with E-state index in [0.717, 1.165) is 55.4 Å². The summed E-state index contributed by atoms with van der Waals surface area (Å²) >= 11 is 6.82. The quantitative estimate of drug-likeness (QED) is 0.688. The van der Waals surface area contributed by atoms with E-state index in [0.29, 0.717) is 6.42 Å². The number of thioether (sulfide) groups is 1. The zero-order chi connectivity index (χ0) is 13.2. The number of carbonyl (C=O) groups excluding carboxylic acids is 1. The van der Waals surface area contributed by atoms with Crippen molar-refractivity contribution in [2.75, 3.05) is 39.5 Å². The second-order valence-corrected chi connectivity index (χ2v) is 6.26. The third-order valence-corrected chi connectivity index (χ3v) is 4.65. The molecule has 2 saturated heterocycles. The highest BCUT2D eigenvalue weighted by Crippen LogP contribution is 2.28. The Balaban J connectivity index is 1.72. The molecule has 6 nitrogen and oxygen atoms in total. The lowest BCUT2D eigenvalue weighted by Gasteiger charge is -2.35. The summed E-state index contributed by atoms with van der Waals surface area (Å²) in [5.41, 5.74) is 0. The second-order valence-electron chi connectivity index (χ2n) is 4.65. The fourth-order valence-corrected chi connectivity index (χ4v) is 3.53. The van der Waals surface area contributed by atoms with Crippen LogP contribution in [0.1, 0.15) is 12.8 Å². The summed E-state index contributed by atoms with van der Waals surface area (Å²) in [7, 11) is 0. The molecule has 0 radical (unpaired) electrons. The number of carbonyl (C=O) groups is 1. The molecule has 0 unspecified atom stereocenters. The largest absolute Gasteiger partial charge is 0.379 e. The van der Waals surface area contributed by atoms with Crippen molar-refractivity contribution in [3.8, 4) is 0 Å². The highest BCUT2D eigenvalue weighted by Gasteiger charge is 2.35. The molecule has 0 N–H and O–H groups in total. The molecule has 1 amide bonds. The van der Waals surface area contributed by atoms with Crippen LogP contribution in [0.15, 0.2) is 4.99 Å². The van der Waals surface area contributed by atoms with Gasteiger partial charge in [0.25, 0.3) is 0 Å².